The minimum absolute atomic E-state index is 0.323. The van der Waals surface area contributed by atoms with Crippen LogP contribution in [0.15, 0.2) is 48.5 Å². The van der Waals surface area contributed by atoms with E-state index in [1.165, 1.54) is 0 Å². The number of rotatable bonds is 6. The summed E-state index contributed by atoms with van der Waals surface area (Å²) in [7, 11) is 1.61. The topological polar surface area (TPSA) is 77.5 Å². The van der Waals surface area contributed by atoms with E-state index >= 15 is 0 Å². The number of methoxy groups -OCH3 is 1. The monoisotopic (exact) mass is 418 g/mol. The molecule has 2 aromatic carbocycles. The van der Waals surface area contributed by atoms with Gasteiger partial charge in [-0.2, -0.15) is 0 Å². The number of carbonyl (C=O) groups is 2. The summed E-state index contributed by atoms with van der Waals surface area (Å²) in [6, 6.07) is 15.0. The molecule has 1 N–H and O–H groups in total. The Morgan fingerprint density at radius 1 is 1.13 bits per heavy atom. The number of ether oxygens (including phenoxy) is 2. The molecule has 1 unspecified atom stereocenters. The third kappa shape index (κ3) is 4.68. The highest BCUT2D eigenvalue weighted by atomic mass is 16.5. The smallest absolute Gasteiger partial charge is 0.339 e. The first kappa shape index (κ1) is 20.8. The van der Waals surface area contributed by atoms with Gasteiger partial charge in [0.15, 0.2) is 6.61 Å². The molecule has 1 aliphatic carbocycles. The molecule has 31 heavy (non-hydrogen) atoms. The van der Waals surface area contributed by atoms with Gasteiger partial charge in [-0.3, -0.25) is 9.78 Å². The van der Waals surface area contributed by atoms with E-state index in [4.69, 9.17) is 14.5 Å². The van der Waals surface area contributed by atoms with Crippen molar-refractivity contribution in [3.8, 4) is 5.75 Å². The summed E-state index contributed by atoms with van der Waals surface area (Å²) in [6.45, 7) is 2.21. The highest BCUT2D eigenvalue weighted by Crippen LogP contribution is 2.32. The zero-order valence-corrected chi connectivity index (χ0v) is 17.8. The van der Waals surface area contributed by atoms with E-state index in [-0.39, 0.29) is 12.5 Å². The van der Waals surface area contributed by atoms with Crippen LogP contribution in [-0.4, -0.2) is 30.6 Å². The van der Waals surface area contributed by atoms with E-state index in [1.54, 1.807) is 7.11 Å². The van der Waals surface area contributed by atoms with E-state index in [1.807, 2.05) is 48.5 Å². The lowest BCUT2D eigenvalue weighted by Crippen LogP contribution is -2.29. The van der Waals surface area contributed by atoms with Crippen LogP contribution in [0.4, 0.5) is 0 Å². The quantitative estimate of drug-likeness (QED) is 0.616. The number of pyridine rings is 1. The second-order valence-corrected chi connectivity index (χ2v) is 7.98. The van der Waals surface area contributed by atoms with Crippen LogP contribution >= 0.6 is 0 Å². The standard InChI is InChI=1S/C25H26N2O4/c1-16-7-12-22-20(13-16)24(19-5-3-4-6-21(19)27-22)25(29)31-15-23(28)26-14-17-8-10-18(30-2)11-9-17/h3-6,8-11,16H,7,12-15H2,1-2H3,(H,26,28). The third-order valence-corrected chi connectivity index (χ3v) is 5.69. The highest BCUT2D eigenvalue weighted by Gasteiger charge is 2.26. The molecule has 0 bridgehead atoms. The number of fused-ring (bicyclic) bond motifs is 2. The lowest BCUT2D eigenvalue weighted by atomic mass is 9.84. The van der Waals surface area contributed by atoms with Crippen molar-refractivity contribution in [2.24, 2.45) is 5.92 Å². The van der Waals surface area contributed by atoms with Crippen molar-refractivity contribution in [2.75, 3.05) is 13.7 Å². The van der Waals surface area contributed by atoms with E-state index in [2.05, 4.69) is 12.2 Å². The number of hydrogen-bond acceptors (Lipinski definition) is 5. The predicted octanol–water partition coefficient (Wildman–Crippen LogP) is 3.84. The minimum Gasteiger partial charge on any atom is -0.497 e. The Morgan fingerprint density at radius 2 is 1.90 bits per heavy atom. The van der Waals surface area contributed by atoms with Crippen LogP contribution in [0.2, 0.25) is 0 Å². The van der Waals surface area contributed by atoms with Gasteiger partial charge in [0.05, 0.1) is 18.2 Å². The molecular weight excluding hydrogens is 392 g/mol. The van der Waals surface area contributed by atoms with E-state index < -0.39 is 5.97 Å². The fourth-order valence-corrected chi connectivity index (χ4v) is 3.99. The summed E-state index contributed by atoms with van der Waals surface area (Å²) in [5.41, 5.74) is 4.19. The maximum absolute atomic E-state index is 13.0. The van der Waals surface area contributed by atoms with Gasteiger partial charge in [-0.1, -0.05) is 37.3 Å². The number of nitrogens with zero attached hydrogens (tertiary/aromatic N) is 1. The van der Waals surface area contributed by atoms with Gasteiger partial charge in [-0.05, 0) is 54.5 Å². The molecular formula is C25H26N2O4. The van der Waals surface area contributed by atoms with Crippen molar-refractivity contribution >= 4 is 22.8 Å². The zero-order valence-electron chi connectivity index (χ0n) is 17.8. The number of benzene rings is 2. The minimum atomic E-state index is -0.469. The van der Waals surface area contributed by atoms with Crippen LogP contribution < -0.4 is 10.1 Å². The Balaban J connectivity index is 1.45. The number of esters is 1. The van der Waals surface area contributed by atoms with Gasteiger partial charge < -0.3 is 14.8 Å². The molecule has 4 rings (SSSR count). The number of carbonyl (C=O) groups excluding carboxylic acids is 2. The summed E-state index contributed by atoms with van der Waals surface area (Å²) in [6.07, 6.45) is 2.70. The van der Waals surface area contributed by atoms with Crippen LogP contribution in [-0.2, 0) is 28.9 Å². The van der Waals surface area contributed by atoms with Crippen LogP contribution in [0.3, 0.4) is 0 Å². The molecule has 0 saturated heterocycles. The van der Waals surface area contributed by atoms with Gasteiger partial charge >= 0.3 is 5.97 Å². The molecule has 3 aromatic rings. The lowest BCUT2D eigenvalue weighted by Gasteiger charge is -2.24. The summed E-state index contributed by atoms with van der Waals surface area (Å²) < 4.78 is 10.6. The number of nitrogens with one attached hydrogen (secondary N) is 1. The number of aryl methyl sites for hydroxylation is 1. The van der Waals surface area contributed by atoms with Gasteiger partial charge in [-0.25, -0.2) is 4.79 Å². The van der Waals surface area contributed by atoms with Crippen molar-refractivity contribution in [2.45, 2.75) is 32.7 Å². The molecule has 1 atom stereocenters. The van der Waals surface area contributed by atoms with Gasteiger partial charge in [0.25, 0.3) is 5.91 Å². The Kier molecular flexibility index (Phi) is 6.16. The maximum atomic E-state index is 13.0. The van der Waals surface area contributed by atoms with Crippen LogP contribution in [0.1, 0.15) is 40.5 Å². The summed E-state index contributed by atoms with van der Waals surface area (Å²) >= 11 is 0. The van der Waals surface area contributed by atoms with Crippen molar-refractivity contribution in [1.29, 1.82) is 0 Å². The SMILES string of the molecule is COc1ccc(CNC(=O)COC(=O)c2c3c(nc4ccccc24)CCC(C)C3)cc1. The molecule has 6 nitrogen and oxygen atoms in total. The first-order valence-corrected chi connectivity index (χ1v) is 10.5. The van der Waals surface area contributed by atoms with Crippen molar-refractivity contribution < 1.29 is 19.1 Å². The van der Waals surface area contributed by atoms with Gasteiger partial charge in [0, 0.05) is 17.6 Å². The van der Waals surface area contributed by atoms with Gasteiger partial charge in [0.2, 0.25) is 0 Å². The average Bonchev–Trinajstić information content (AvgIpc) is 2.80. The van der Waals surface area contributed by atoms with Crippen LogP contribution in [0, 0.1) is 5.92 Å². The molecule has 0 saturated carbocycles. The second-order valence-electron chi connectivity index (χ2n) is 7.98. The summed E-state index contributed by atoms with van der Waals surface area (Å²) in [5.74, 6) is 0.425. The first-order chi connectivity index (χ1) is 15.0. The molecule has 0 fully saturated rings. The number of amides is 1. The van der Waals surface area contributed by atoms with Crippen molar-refractivity contribution in [3.05, 3.63) is 70.9 Å². The molecule has 0 spiro atoms. The normalized spacial score (nSPS) is 15.2. The molecule has 1 amide bonds. The fraction of sp³-hybridized carbons (Fsp3) is 0.320. The largest absolute Gasteiger partial charge is 0.497 e. The Hall–Kier alpha value is -3.41. The second kappa shape index (κ2) is 9.16. The van der Waals surface area contributed by atoms with Gasteiger partial charge in [-0.15, -0.1) is 0 Å². The third-order valence-electron chi connectivity index (χ3n) is 5.69. The first-order valence-electron chi connectivity index (χ1n) is 10.5. The average molecular weight is 418 g/mol. The summed E-state index contributed by atoms with van der Waals surface area (Å²) in [4.78, 5) is 30.1. The Bertz CT molecular complexity index is 1110. The fourth-order valence-electron chi connectivity index (χ4n) is 3.99. The predicted molar refractivity (Wildman–Crippen MR) is 118 cm³/mol. The van der Waals surface area contributed by atoms with E-state index in [0.717, 1.165) is 52.7 Å². The van der Waals surface area contributed by atoms with Crippen LogP contribution in [0.25, 0.3) is 10.9 Å². The number of para-hydroxylation sites is 1. The van der Waals surface area contributed by atoms with Crippen LogP contribution in [0.5, 0.6) is 5.75 Å². The molecule has 160 valence electrons. The van der Waals surface area contributed by atoms with Gasteiger partial charge in [0.1, 0.15) is 5.75 Å². The van der Waals surface area contributed by atoms with Crippen molar-refractivity contribution in [1.82, 2.24) is 10.3 Å². The maximum Gasteiger partial charge on any atom is 0.339 e. The molecule has 6 heteroatoms. The zero-order chi connectivity index (χ0) is 21.8. The highest BCUT2D eigenvalue weighted by molar-refractivity contribution is 6.05. The van der Waals surface area contributed by atoms with E-state index in [0.29, 0.717) is 18.0 Å². The Morgan fingerprint density at radius 3 is 2.68 bits per heavy atom. The molecule has 0 aliphatic heterocycles. The molecule has 1 aromatic heterocycles. The Labute approximate surface area is 181 Å². The number of hydrogen-bond donors (Lipinski definition) is 1. The lowest BCUT2D eigenvalue weighted by molar-refractivity contribution is -0.124. The molecule has 1 heterocycles. The van der Waals surface area contributed by atoms with E-state index in [9.17, 15) is 9.59 Å². The molecule has 1 aliphatic rings. The summed E-state index contributed by atoms with van der Waals surface area (Å²) in [5, 5.41) is 3.56. The van der Waals surface area contributed by atoms with Crippen molar-refractivity contribution in [3.63, 3.8) is 0 Å². The molecule has 0 radical (unpaired) electrons. The number of aromatic nitrogens is 1.